The molecule has 6 heteroatoms. The molecule has 25 heavy (non-hydrogen) atoms. The number of carbonyl (C=O) groups excluding carboxylic acids is 1. The molecule has 0 aliphatic heterocycles. The second kappa shape index (κ2) is 7.61. The Kier molecular flexibility index (Phi) is 5.09. The Morgan fingerprint density at radius 1 is 1.16 bits per heavy atom. The number of benzene rings is 2. The molecule has 0 radical (unpaired) electrons. The van der Waals surface area contributed by atoms with E-state index in [0.717, 1.165) is 11.3 Å². The van der Waals surface area contributed by atoms with Crippen molar-refractivity contribution in [2.24, 2.45) is 0 Å². The highest BCUT2D eigenvalue weighted by Crippen LogP contribution is 2.19. The monoisotopic (exact) mass is 337 g/mol. The number of amides is 1. The first kappa shape index (κ1) is 16.7. The van der Waals surface area contributed by atoms with Gasteiger partial charge in [-0.3, -0.25) is 4.79 Å². The fourth-order valence-electron chi connectivity index (χ4n) is 2.33. The Morgan fingerprint density at radius 3 is 2.56 bits per heavy atom. The van der Waals surface area contributed by atoms with Crippen molar-refractivity contribution in [3.8, 4) is 17.1 Å². The van der Waals surface area contributed by atoms with Crippen molar-refractivity contribution in [2.75, 3.05) is 6.61 Å². The van der Waals surface area contributed by atoms with Crippen LogP contribution in [0.4, 0.5) is 0 Å². The van der Waals surface area contributed by atoms with Gasteiger partial charge in [0, 0.05) is 11.1 Å². The summed E-state index contributed by atoms with van der Waals surface area (Å²) >= 11 is 0. The molecule has 0 bridgehead atoms. The van der Waals surface area contributed by atoms with Crippen molar-refractivity contribution in [1.82, 2.24) is 15.5 Å². The number of hydrogen-bond donors (Lipinski definition) is 1. The zero-order valence-electron chi connectivity index (χ0n) is 14.1. The van der Waals surface area contributed by atoms with Crippen LogP contribution in [0.5, 0.6) is 5.75 Å². The van der Waals surface area contributed by atoms with E-state index in [2.05, 4.69) is 15.5 Å². The van der Waals surface area contributed by atoms with E-state index in [9.17, 15) is 4.79 Å². The van der Waals surface area contributed by atoms with Crippen molar-refractivity contribution in [2.45, 2.75) is 19.9 Å². The lowest BCUT2D eigenvalue weighted by Crippen LogP contribution is -2.26. The molecule has 128 valence electrons. The van der Waals surface area contributed by atoms with Crippen LogP contribution in [0.2, 0.25) is 0 Å². The number of carbonyl (C=O) groups is 1. The number of nitrogens with zero attached hydrogens (tertiary/aromatic N) is 2. The van der Waals surface area contributed by atoms with Crippen LogP contribution in [0.25, 0.3) is 11.4 Å². The van der Waals surface area contributed by atoms with Gasteiger partial charge in [-0.05, 0) is 38.1 Å². The molecule has 0 spiro atoms. The SMILES string of the molecule is CCOc1ccc(C(=O)N[C@H](C)c2nc(-c3ccccc3)no2)cc1. The van der Waals surface area contributed by atoms with E-state index in [1.165, 1.54) is 0 Å². The highest BCUT2D eigenvalue weighted by molar-refractivity contribution is 5.94. The fourth-order valence-corrected chi connectivity index (χ4v) is 2.33. The van der Waals surface area contributed by atoms with Crippen molar-refractivity contribution in [1.29, 1.82) is 0 Å². The zero-order valence-corrected chi connectivity index (χ0v) is 14.1. The first-order valence-corrected chi connectivity index (χ1v) is 8.10. The van der Waals surface area contributed by atoms with Gasteiger partial charge < -0.3 is 14.6 Å². The molecule has 1 aromatic heterocycles. The van der Waals surface area contributed by atoms with Crippen molar-refractivity contribution in [3.05, 3.63) is 66.1 Å². The van der Waals surface area contributed by atoms with Crippen LogP contribution >= 0.6 is 0 Å². The third kappa shape index (κ3) is 4.03. The number of ether oxygens (including phenoxy) is 1. The van der Waals surface area contributed by atoms with Crippen LogP contribution in [0.3, 0.4) is 0 Å². The third-order valence-corrected chi connectivity index (χ3v) is 3.62. The topological polar surface area (TPSA) is 77.2 Å². The summed E-state index contributed by atoms with van der Waals surface area (Å²) in [6.45, 7) is 4.30. The number of aromatic nitrogens is 2. The minimum atomic E-state index is -0.399. The van der Waals surface area contributed by atoms with Crippen LogP contribution in [0.1, 0.15) is 36.1 Å². The molecule has 0 aliphatic carbocycles. The van der Waals surface area contributed by atoms with Crippen molar-refractivity contribution < 1.29 is 14.1 Å². The van der Waals surface area contributed by atoms with E-state index in [0.29, 0.717) is 23.9 Å². The molecule has 0 saturated carbocycles. The largest absolute Gasteiger partial charge is 0.494 e. The van der Waals surface area contributed by atoms with Gasteiger partial charge in [0.15, 0.2) is 0 Å². The van der Waals surface area contributed by atoms with Gasteiger partial charge in [0.05, 0.1) is 6.61 Å². The molecule has 0 fully saturated rings. The summed E-state index contributed by atoms with van der Waals surface area (Å²) in [5.41, 5.74) is 1.40. The Labute approximate surface area is 145 Å². The van der Waals surface area contributed by atoms with Gasteiger partial charge in [-0.1, -0.05) is 35.5 Å². The Morgan fingerprint density at radius 2 is 1.88 bits per heavy atom. The van der Waals surface area contributed by atoms with E-state index in [1.54, 1.807) is 31.2 Å². The van der Waals surface area contributed by atoms with Gasteiger partial charge in [-0.15, -0.1) is 0 Å². The van der Waals surface area contributed by atoms with Crippen LogP contribution in [0, 0.1) is 0 Å². The zero-order chi connectivity index (χ0) is 17.6. The van der Waals surface area contributed by atoms with Crippen LogP contribution in [0.15, 0.2) is 59.1 Å². The van der Waals surface area contributed by atoms with Gasteiger partial charge >= 0.3 is 0 Å². The summed E-state index contributed by atoms with van der Waals surface area (Å²) in [5, 5.41) is 6.82. The van der Waals surface area contributed by atoms with Crippen LogP contribution in [-0.2, 0) is 0 Å². The highest BCUT2D eigenvalue weighted by atomic mass is 16.5. The molecule has 0 unspecified atom stereocenters. The lowest BCUT2D eigenvalue weighted by molar-refractivity contribution is 0.0932. The second-order valence-electron chi connectivity index (χ2n) is 5.47. The van der Waals surface area contributed by atoms with Crippen molar-refractivity contribution in [3.63, 3.8) is 0 Å². The van der Waals surface area contributed by atoms with E-state index in [-0.39, 0.29) is 5.91 Å². The maximum Gasteiger partial charge on any atom is 0.251 e. The molecular formula is C19H19N3O3. The average Bonchev–Trinajstić information content (AvgIpc) is 3.13. The number of rotatable bonds is 6. The molecule has 1 N–H and O–H groups in total. The quantitative estimate of drug-likeness (QED) is 0.743. The summed E-state index contributed by atoms with van der Waals surface area (Å²) < 4.78 is 10.6. The molecule has 0 aliphatic rings. The predicted molar refractivity (Wildman–Crippen MR) is 93.2 cm³/mol. The number of hydrogen-bond acceptors (Lipinski definition) is 5. The molecule has 3 rings (SSSR count). The average molecular weight is 337 g/mol. The molecule has 1 atom stereocenters. The predicted octanol–water partition coefficient (Wildman–Crippen LogP) is 3.63. The van der Waals surface area contributed by atoms with E-state index < -0.39 is 6.04 Å². The fraction of sp³-hybridized carbons (Fsp3) is 0.211. The Bertz CT molecular complexity index is 829. The summed E-state index contributed by atoms with van der Waals surface area (Å²) in [5.74, 6) is 1.38. The minimum absolute atomic E-state index is 0.213. The van der Waals surface area contributed by atoms with Crippen molar-refractivity contribution >= 4 is 5.91 Å². The molecule has 0 saturated heterocycles. The molecule has 1 amide bonds. The van der Waals surface area contributed by atoms with Gasteiger partial charge in [0.25, 0.3) is 5.91 Å². The number of nitrogens with one attached hydrogen (secondary N) is 1. The maximum absolute atomic E-state index is 12.3. The Hall–Kier alpha value is -3.15. The molecule has 2 aromatic carbocycles. The van der Waals surface area contributed by atoms with Crippen LogP contribution in [-0.4, -0.2) is 22.7 Å². The second-order valence-corrected chi connectivity index (χ2v) is 5.47. The third-order valence-electron chi connectivity index (χ3n) is 3.62. The molecule has 3 aromatic rings. The lowest BCUT2D eigenvalue weighted by Gasteiger charge is -2.10. The first-order chi connectivity index (χ1) is 12.2. The van der Waals surface area contributed by atoms with Gasteiger partial charge in [-0.25, -0.2) is 0 Å². The van der Waals surface area contributed by atoms with Crippen LogP contribution < -0.4 is 10.1 Å². The first-order valence-electron chi connectivity index (χ1n) is 8.10. The highest BCUT2D eigenvalue weighted by Gasteiger charge is 2.18. The Balaban J connectivity index is 1.66. The summed E-state index contributed by atoms with van der Waals surface area (Å²) in [6, 6.07) is 16.1. The molecule has 1 heterocycles. The standard InChI is InChI=1S/C19H19N3O3/c1-3-24-16-11-9-15(10-12-16)18(23)20-13(2)19-21-17(22-25-19)14-7-5-4-6-8-14/h4-13H,3H2,1-2H3,(H,20,23)/t13-/m1/s1. The normalized spacial score (nSPS) is 11.8. The van der Waals surface area contributed by atoms with E-state index in [4.69, 9.17) is 9.26 Å². The summed E-state index contributed by atoms with van der Waals surface area (Å²) in [4.78, 5) is 16.7. The summed E-state index contributed by atoms with van der Waals surface area (Å²) in [6.07, 6.45) is 0. The lowest BCUT2D eigenvalue weighted by atomic mass is 10.2. The van der Waals surface area contributed by atoms with Gasteiger partial charge in [0.2, 0.25) is 11.7 Å². The van der Waals surface area contributed by atoms with E-state index >= 15 is 0 Å². The minimum Gasteiger partial charge on any atom is -0.494 e. The smallest absolute Gasteiger partial charge is 0.251 e. The molecular weight excluding hydrogens is 318 g/mol. The molecule has 6 nitrogen and oxygen atoms in total. The maximum atomic E-state index is 12.3. The van der Waals surface area contributed by atoms with Gasteiger partial charge in [0.1, 0.15) is 11.8 Å². The van der Waals surface area contributed by atoms with E-state index in [1.807, 2.05) is 37.3 Å². The van der Waals surface area contributed by atoms with Gasteiger partial charge in [-0.2, -0.15) is 4.98 Å². The summed E-state index contributed by atoms with van der Waals surface area (Å²) in [7, 11) is 0.